The third kappa shape index (κ3) is 4.61. The second-order valence-electron chi connectivity index (χ2n) is 0.793. The van der Waals surface area contributed by atoms with Crippen molar-refractivity contribution in [1.29, 1.82) is 0 Å². The van der Waals surface area contributed by atoms with E-state index in [4.69, 9.17) is 0 Å². The molecule has 0 N–H and O–H groups in total. The zero-order chi connectivity index (χ0) is 3.54. The van der Waals surface area contributed by atoms with Crippen molar-refractivity contribution in [2.24, 2.45) is 0 Å². The summed E-state index contributed by atoms with van der Waals surface area (Å²) in [6, 6.07) is 4.04. The third-order valence-corrected chi connectivity index (χ3v) is 1.05. The molecule has 1 aromatic heterocycles. The summed E-state index contributed by atoms with van der Waals surface area (Å²) in [4.78, 5) is 0. The summed E-state index contributed by atoms with van der Waals surface area (Å²) >= 11 is 1.71. The van der Waals surface area contributed by atoms with Crippen LogP contribution in [0.1, 0.15) is 2.85 Å². The van der Waals surface area contributed by atoms with Crippen molar-refractivity contribution in [3.63, 3.8) is 0 Å². The molecule has 0 fully saturated rings. The van der Waals surface area contributed by atoms with E-state index in [1.165, 1.54) is 0 Å². The van der Waals surface area contributed by atoms with Gasteiger partial charge in [-0.3, -0.25) is 0 Å². The van der Waals surface area contributed by atoms with Gasteiger partial charge in [0.1, 0.15) is 0 Å². The van der Waals surface area contributed by atoms with Gasteiger partial charge in [0, 0.05) is 0 Å². The van der Waals surface area contributed by atoms with E-state index in [-0.39, 0.29) is 38.3 Å². The van der Waals surface area contributed by atoms with Crippen LogP contribution in [-0.4, -0.2) is 23.1 Å². The molecule has 3 heteroatoms. The molecule has 0 aliphatic rings. The van der Waals surface area contributed by atoms with Gasteiger partial charge in [-0.05, 0) is 10.8 Å². The summed E-state index contributed by atoms with van der Waals surface area (Å²) in [6.45, 7) is 0. The average Bonchev–Trinajstić information content (AvgIpc) is 1.76. The summed E-state index contributed by atoms with van der Waals surface area (Å²) in [5.74, 6) is 0. The van der Waals surface area contributed by atoms with Crippen LogP contribution >= 0.6 is 23.7 Å². The van der Waals surface area contributed by atoms with E-state index in [2.05, 4.69) is 0 Å². The zero-order valence-electron chi connectivity index (χ0n) is 5.83. The minimum atomic E-state index is 0. The molecular weight excluding hydrogens is 140 g/mol. The van der Waals surface area contributed by atoms with Crippen LogP contribution < -0.4 is 0 Å². The first-order chi connectivity index (χ1) is 2.50. The molecular formula is C4H7ClMgS. The number of hydrogen-bond donors (Lipinski definition) is 0. The molecule has 0 amide bonds. The van der Waals surface area contributed by atoms with Crippen molar-refractivity contribution < 1.29 is 2.85 Å². The van der Waals surface area contributed by atoms with Gasteiger partial charge in [0.15, 0.2) is 0 Å². The monoisotopic (exact) mass is 146 g/mol. The zero-order valence-corrected chi connectivity index (χ0v) is 6.88. The van der Waals surface area contributed by atoms with Crippen LogP contribution in [0.25, 0.3) is 0 Å². The van der Waals surface area contributed by atoms with Crippen LogP contribution in [0.2, 0.25) is 0 Å². The minimum Gasteiger partial charge on any atom is -1.00 e. The van der Waals surface area contributed by atoms with Crippen molar-refractivity contribution in [3.05, 3.63) is 22.9 Å². The summed E-state index contributed by atoms with van der Waals surface area (Å²) in [7, 11) is 0. The quantitative estimate of drug-likeness (QED) is 0.492. The van der Waals surface area contributed by atoms with Crippen LogP contribution in [0.15, 0.2) is 22.9 Å². The van der Waals surface area contributed by atoms with Gasteiger partial charge in [-0.2, -0.15) is 11.3 Å². The Hall–Kier alpha value is 0.756. The first-order valence-corrected chi connectivity index (χ1v) is 2.41. The number of hydrogen-bond acceptors (Lipinski definition) is 1. The van der Waals surface area contributed by atoms with Crippen molar-refractivity contribution in [1.82, 2.24) is 0 Å². The fourth-order valence-corrected chi connectivity index (χ4v) is 0.680. The maximum absolute atomic E-state index is 2.04. The predicted octanol–water partition coefficient (Wildman–Crippen LogP) is 2.01. The molecule has 1 heterocycles. The Morgan fingerprint density at radius 3 is 1.71 bits per heavy atom. The molecule has 0 spiro atoms. The van der Waals surface area contributed by atoms with Gasteiger partial charge >= 0.3 is 23.1 Å². The molecule has 1 rings (SSSR count). The van der Waals surface area contributed by atoms with Gasteiger partial charge in [0.2, 0.25) is 0 Å². The van der Waals surface area contributed by atoms with Crippen LogP contribution in [0.3, 0.4) is 0 Å². The normalized spacial score (nSPS) is 5.71. The summed E-state index contributed by atoms with van der Waals surface area (Å²) in [5.41, 5.74) is 0. The van der Waals surface area contributed by atoms with E-state index in [9.17, 15) is 0 Å². The Labute approximate surface area is 72.5 Å². The Morgan fingerprint density at radius 2 is 1.57 bits per heavy atom. The number of thiophene rings is 1. The number of halogens is 1. The van der Waals surface area contributed by atoms with Crippen molar-refractivity contribution in [2.45, 2.75) is 0 Å². The molecule has 0 radical (unpaired) electrons. The van der Waals surface area contributed by atoms with Gasteiger partial charge in [-0.1, -0.05) is 12.1 Å². The van der Waals surface area contributed by atoms with E-state index in [0.29, 0.717) is 0 Å². The van der Waals surface area contributed by atoms with E-state index >= 15 is 0 Å². The predicted molar refractivity (Wildman–Crippen MR) is 39.5 cm³/mol. The Bertz CT molecular complexity index is 75.0. The molecule has 0 aliphatic heterocycles. The molecule has 38 valence electrons. The Morgan fingerprint density at radius 1 is 1.14 bits per heavy atom. The maximum atomic E-state index is 2.04. The molecule has 0 saturated carbocycles. The molecule has 0 unspecified atom stereocenters. The standard InChI is InChI=1S/C4H4S.ClH.Mg.2H/c1-2-4-5-3-1;;;;/h1-4H;1H;;;/q;;+2;2*-1. The van der Waals surface area contributed by atoms with Crippen LogP contribution in [0.5, 0.6) is 0 Å². The molecule has 0 nitrogen and oxygen atoms in total. The molecule has 1 aromatic rings. The fourth-order valence-electron chi connectivity index (χ4n) is 0.227. The van der Waals surface area contributed by atoms with Gasteiger partial charge in [-0.15, -0.1) is 12.4 Å². The first-order valence-electron chi connectivity index (χ1n) is 1.47. The molecule has 0 atom stereocenters. The largest absolute Gasteiger partial charge is 2.00 e. The van der Waals surface area contributed by atoms with Gasteiger partial charge in [0.25, 0.3) is 0 Å². The van der Waals surface area contributed by atoms with E-state index in [1.807, 2.05) is 22.9 Å². The summed E-state index contributed by atoms with van der Waals surface area (Å²) < 4.78 is 0. The van der Waals surface area contributed by atoms with Crippen molar-refractivity contribution >= 4 is 46.8 Å². The molecule has 0 aromatic carbocycles. The third-order valence-electron chi connectivity index (χ3n) is 0.425. The van der Waals surface area contributed by atoms with E-state index < -0.39 is 0 Å². The van der Waals surface area contributed by atoms with Gasteiger partial charge in [0.05, 0.1) is 0 Å². The minimum absolute atomic E-state index is 0. The molecule has 0 saturated heterocycles. The van der Waals surface area contributed by atoms with Crippen molar-refractivity contribution in [3.8, 4) is 0 Å². The van der Waals surface area contributed by atoms with E-state index in [1.54, 1.807) is 11.3 Å². The molecule has 0 aliphatic carbocycles. The Kier molecular flexibility index (Phi) is 10.3. The molecule has 7 heavy (non-hydrogen) atoms. The summed E-state index contributed by atoms with van der Waals surface area (Å²) in [5, 5.41) is 4.08. The topological polar surface area (TPSA) is 0 Å². The average molecular weight is 147 g/mol. The smallest absolute Gasteiger partial charge is 1.00 e. The van der Waals surface area contributed by atoms with E-state index in [0.717, 1.165) is 0 Å². The number of rotatable bonds is 0. The fraction of sp³-hybridized carbons (Fsp3) is 0. The SMILES string of the molecule is Cl.[H-].[H-].[Mg+2].c1ccsc1. The van der Waals surface area contributed by atoms with Crippen molar-refractivity contribution in [2.75, 3.05) is 0 Å². The van der Waals surface area contributed by atoms with Crippen LogP contribution in [0.4, 0.5) is 0 Å². The molecule has 0 bridgehead atoms. The second-order valence-corrected chi connectivity index (χ2v) is 1.61. The first kappa shape index (κ1) is 10.7. The van der Waals surface area contributed by atoms with Gasteiger partial charge in [-0.25, -0.2) is 0 Å². The summed E-state index contributed by atoms with van der Waals surface area (Å²) in [6.07, 6.45) is 0. The Balaban J connectivity index is -0.0000000312. The van der Waals surface area contributed by atoms with Crippen LogP contribution in [0, 0.1) is 0 Å². The second kappa shape index (κ2) is 6.76. The van der Waals surface area contributed by atoms with Gasteiger partial charge < -0.3 is 2.85 Å². The van der Waals surface area contributed by atoms with Crippen LogP contribution in [-0.2, 0) is 0 Å². The maximum Gasteiger partial charge on any atom is 2.00 e.